The van der Waals surface area contributed by atoms with Gasteiger partial charge in [-0.1, -0.05) is 19.7 Å². The van der Waals surface area contributed by atoms with E-state index in [2.05, 4.69) is 30.2 Å². The summed E-state index contributed by atoms with van der Waals surface area (Å²) in [4.78, 5) is 39.2. The van der Waals surface area contributed by atoms with E-state index >= 15 is 0 Å². The molecule has 106 valence electrons. The number of amides is 1. The van der Waals surface area contributed by atoms with Crippen LogP contribution in [0, 0.1) is 0 Å². The Hall–Kier alpha value is -2.70. The van der Waals surface area contributed by atoms with E-state index in [0.29, 0.717) is 0 Å². The lowest BCUT2D eigenvalue weighted by Crippen LogP contribution is -2.12. The molecule has 0 fully saturated rings. The molecule has 0 bridgehead atoms. The maximum Gasteiger partial charge on any atom is 0.340 e. The van der Waals surface area contributed by atoms with Crippen LogP contribution in [0.4, 0.5) is 0 Å². The van der Waals surface area contributed by atoms with Gasteiger partial charge in [-0.25, -0.2) is 14.4 Å². The van der Waals surface area contributed by atoms with Crippen molar-refractivity contribution in [2.24, 2.45) is 5.73 Å². The van der Waals surface area contributed by atoms with Gasteiger partial charge in [-0.2, -0.15) is 0 Å². The summed E-state index contributed by atoms with van der Waals surface area (Å²) < 4.78 is 4.30. The van der Waals surface area contributed by atoms with Crippen LogP contribution >= 0.6 is 0 Å². The molecule has 0 aromatic rings. The number of carbonyl (C=O) groups is 4. The molecule has 0 aliphatic carbocycles. The van der Waals surface area contributed by atoms with Gasteiger partial charge >= 0.3 is 17.9 Å². The van der Waals surface area contributed by atoms with Gasteiger partial charge in [0.05, 0.1) is 0 Å². The summed E-state index contributed by atoms with van der Waals surface area (Å²) in [5.41, 5.74) is 4.55. The average molecular weight is 271 g/mol. The summed E-state index contributed by atoms with van der Waals surface area (Å²) in [6.45, 7) is 12.5. The van der Waals surface area contributed by atoms with Crippen molar-refractivity contribution in [3.8, 4) is 0 Å². The van der Waals surface area contributed by atoms with Gasteiger partial charge in [-0.15, -0.1) is 0 Å². The molecule has 0 rings (SSSR count). The highest BCUT2D eigenvalue weighted by Crippen LogP contribution is 1.97. The van der Waals surface area contributed by atoms with E-state index in [1.54, 1.807) is 0 Å². The summed E-state index contributed by atoms with van der Waals surface area (Å²) in [7, 11) is 0. The molecule has 0 aromatic heterocycles. The average Bonchev–Trinajstić information content (AvgIpc) is 2.30. The van der Waals surface area contributed by atoms with Gasteiger partial charge in [0.1, 0.15) is 0 Å². The van der Waals surface area contributed by atoms with Crippen molar-refractivity contribution in [1.29, 1.82) is 0 Å². The zero-order valence-corrected chi connectivity index (χ0v) is 10.8. The largest absolute Gasteiger partial charge is 0.478 e. The topological polar surface area (TPSA) is 124 Å². The van der Waals surface area contributed by atoms with Gasteiger partial charge in [0, 0.05) is 17.2 Å². The number of ether oxygens (including phenoxy) is 1. The molecule has 0 spiro atoms. The van der Waals surface area contributed by atoms with Gasteiger partial charge < -0.3 is 15.6 Å². The number of carbonyl (C=O) groups excluding carboxylic acids is 3. The molecule has 7 nitrogen and oxygen atoms in total. The maximum atomic E-state index is 10.7. The first-order chi connectivity index (χ1) is 8.63. The van der Waals surface area contributed by atoms with Crippen LogP contribution in [-0.4, -0.2) is 29.4 Å². The number of primary amides is 1. The third kappa shape index (κ3) is 21.2. The van der Waals surface area contributed by atoms with E-state index < -0.39 is 17.9 Å². The molecule has 0 aliphatic heterocycles. The van der Waals surface area contributed by atoms with Crippen molar-refractivity contribution in [3.63, 3.8) is 0 Å². The molecule has 0 saturated carbocycles. The minimum absolute atomic E-state index is 0.194. The summed E-state index contributed by atoms with van der Waals surface area (Å²) in [5.74, 6) is -2.40. The summed E-state index contributed by atoms with van der Waals surface area (Å²) in [6.07, 6.45) is 1.08. The number of rotatable bonds is 3. The number of carboxylic acids is 1. The molecular weight excluding hydrogens is 254 g/mol. The lowest BCUT2D eigenvalue weighted by molar-refractivity contribution is -0.154. The van der Waals surface area contributed by atoms with Gasteiger partial charge in [0.25, 0.3) is 0 Å². The van der Waals surface area contributed by atoms with E-state index in [9.17, 15) is 14.4 Å². The summed E-state index contributed by atoms with van der Waals surface area (Å²) in [5, 5.41) is 7.60. The van der Waals surface area contributed by atoms with Crippen LogP contribution in [0.2, 0.25) is 0 Å². The molecule has 0 unspecified atom stereocenters. The molecule has 0 heterocycles. The molecule has 1 amide bonds. The Balaban J connectivity index is -0.000000266. The fourth-order valence-electron chi connectivity index (χ4n) is 0.258. The maximum absolute atomic E-state index is 10.7. The van der Waals surface area contributed by atoms with Crippen LogP contribution in [0.3, 0.4) is 0 Å². The van der Waals surface area contributed by atoms with Crippen LogP contribution in [0.15, 0.2) is 37.0 Å². The molecule has 19 heavy (non-hydrogen) atoms. The van der Waals surface area contributed by atoms with Crippen LogP contribution < -0.4 is 5.73 Å². The number of nitrogens with two attached hydrogens (primary N) is 1. The Morgan fingerprint density at radius 2 is 1.32 bits per heavy atom. The first-order valence-corrected chi connectivity index (χ1v) is 4.72. The third-order valence-corrected chi connectivity index (χ3v) is 1.06. The van der Waals surface area contributed by atoms with Gasteiger partial charge in [-0.3, -0.25) is 4.79 Å². The number of hydrogen-bond donors (Lipinski definition) is 2. The Labute approximate surface area is 111 Å². The lowest BCUT2D eigenvalue weighted by Gasteiger charge is -1.99. The molecule has 7 heteroatoms. The molecule has 0 aliphatic rings. The lowest BCUT2D eigenvalue weighted by atomic mass is 10.3. The highest BCUT2D eigenvalue weighted by atomic mass is 16.6. The van der Waals surface area contributed by atoms with E-state index in [1.165, 1.54) is 13.8 Å². The van der Waals surface area contributed by atoms with Crippen molar-refractivity contribution in [2.75, 3.05) is 0 Å². The van der Waals surface area contributed by atoms with Crippen LogP contribution in [0.1, 0.15) is 13.8 Å². The second-order valence-electron chi connectivity index (χ2n) is 2.92. The van der Waals surface area contributed by atoms with Crippen LogP contribution in [0.5, 0.6) is 0 Å². The van der Waals surface area contributed by atoms with Crippen molar-refractivity contribution >= 4 is 24.3 Å². The van der Waals surface area contributed by atoms with E-state index in [4.69, 9.17) is 9.90 Å². The Morgan fingerprint density at radius 3 is 1.42 bits per heavy atom. The Morgan fingerprint density at radius 1 is 1.11 bits per heavy atom. The van der Waals surface area contributed by atoms with Crippen molar-refractivity contribution < 1.29 is 29.0 Å². The second-order valence-corrected chi connectivity index (χ2v) is 2.92. The number of esters is 2. The third-order valence-electron chi connectivity index (χ3n) is 1.06. The van der Waals surface area contributed by atoms with Crippen molar-refractivity contribution in [3.05, 3.63) is 37.0 Å². The van der Waals surface area contributed by atoms with Gasteiger partial charge in [0.2, 0.25) is 6.41 Å². The van der Waals surface area contributed by atoms with Crippen molar-refractivity contribution in [1.82, 2.24) is 0 Å². The second kappa shape index (κ2) is 13.4. The molecule has 0 atom stereocenters. The monoisotopic (exact) mass is 271 g/mol. The summed E-state index contributed by atoms with van der Waals surface area (Å²) >= 11 is 0. The molecule has 0 radical (unpaired) electrons. The number of carboxylic acid groups (broad SMARTS) is 1. The van der Waals surface area contributed by atoms with E-state index in [0.717, 1.165) is 6.08 Å². The SMILES string of the molecule is C=C(C)C(=O)OC(=O)C(=C)C.C=CC(=O)O.NC=O. The highest BCUT2D eigenvalue weighted by molar-refractivity contribution is 6.00. The molecule has 3 N–H and O–H groups in total. The fraction of sp³-hybridized carbons (Fsp3) is 0.167. The first-order valence-electron chi connectivity index (χ1n) is 4.72. The van der Waals surface area contributed by atoms with Crippen LogP contribution in [-0.2, 0) is 23.9 Å². The molecule has 0 aromatic carbocycles. The predicted octanol–water partition coefficient (Wildman–Crippen LogP) is 0.567. The van der Waals surface area contributed by atoms with E-state index in [1.807, 2.05) is 0 Å². The van der Waals surface area contributed by atoms with E-state index in [-0.39, 0.29) is 17.6 Å². The Kier molecular flexibility index (Phi) is 15.2. The zero-order valence-electron chi connectivity index (χ0n) is 10.8. The first kappa shape index (κ1) is 21.6. The molecule has 0 saturated heterocycles. The van der Waals surface area contributed by atoms with Gasteiger partial charge in [-0.05, 0) is 13.8 Å². The highest BCUT2D eigenvalue weighted by Gasteiger charge is 2.10. The number of hydrogen-bond acceptors (Lipinski definition) is 5. The quantitative estimate of drug-likeness (QED) is 0.334. The summed E-state index contributed by atoms with van der Waals surface area (Å²) in [6, 6.07) is 0. The minimum atomic E-state index is -0.981. The zero-order chi connectivity index (χ0) is 16.0. The van der Waals surface area contributed by atoms with Crippen LogP contribution in [0.25, 0.3) is 0 Å². The minimum Gasteiger partial charge on any atom is -0.478 e. The predicted molar refractivity (Wildman–Crippen MR) is 68.8 cm³/mol. The standard InChI is InChI=1S/C8H10O3.C3H4O2.CH3NO/c1-5(2)7(9)11-8(10)6(3)4;1-2-3(4)5;2-1-3/h1,3H2,2,4H3;2H,1H2,(H,4,5);1H,(H2,2,3). The Bertz CT molecular complexity index is 360. The normalized spacial score (nSPS) is 7.26. The smallest absolute Gasteiger partial charge is 0.340 e. The number of aliphatic carboxylic acids is 1. The fourth-order valence-corrected chi connectivity index (χ4v) is 0.258. The molecular formula is C12H17NO6. The van der Waals surface area contributed by atoms with Gasteiger partial charge in [0.15, 0.2) is 0 Å². The van der Waals surface area contributed by atoms with Crippen molar-refractivity contribution in [2.45, 2.75) is 13.8 Å².